The van der Waals surface area contributed by atoms with E-state index >= 15 is 0 Å². The van der Waals surface area contributed by atoms with Crippen molar-refractivity contribution in [3.8, 4) is 0 Å². The third kappa shape index (κ3) is 6.42. The fraction of sp³-hybridized carbons (Fsp3) is 0.370. The summed E-state index contributed by atoms with van der Waals surface area (Å²) < 4.78 is 42.2. The van der Waals surface area contributed by atoms with Gasteiger partial charge in [0, 0.05) is 55.6 Å². The molecular weight excluding hydrogens is 549 g/mol. The molecular formula is C27H28ClF3N6OS. The molecule has 1 fully saturated rings. The normalized spacial score (nSPS) is 17.7. The molecule has 0 unspecified atom stereocenters. The van der Waals surface area contributed by atoms with E-state index in [4.69, 9.17) is 16.6 Å². The van der Waals surface area contributed by atoms with E-state index in [0.29, 0.717) is 13.1 Å². The number of piperazine rings is 1. The van der Waals surface area contributed by atoms with Gasteiger partial charge in [-0.2, -0.15) is 18.3 Å². The number of alkyl halides is 3. The third-order valence-electron chi connectivity index (χ3n) is 6.78. The summed E-state index contributed by atoms with van der Waals surface area (Å²) in [4.78, 5) is 23.9. The Labute approximate surface area is 233 Å². The maximum atomic E-state index is 13.5. The molecule has 206 valence electrons. The largest absolute Gasteiger partial charge is 0.416 e. The molecule has 0 N–H and O–H groups in total. The summed E-state index contributed by atoms with van der Waals surface area (Å²) in [5, 5.41) is 6.24. The van der Waals surface area contributed by atoms with Gasteiger partial charge in [-0.3, -0.25) is 19.4 Å². The van der Waals surface area contributed by atoms with Crippen molar-refractivity contribution in [2.75, 3.05) is 53.4 Å². The number of carbonyl (C=O) groups is 1. The van der Waals surface area contributed by atoms with Crippen LogP contribution in [-0.2, 0) is 17.5 Å². The van der Waals surface area contributed by atoms with Gasteiger partial charge in [0.15, 0.2) is 5.17 Å². The molecule has 12 heteroatoms. The summed E-state index contributed by atoms with van der Waals surface area (Å²) in [5.41, 5.74) is 1.09. The monoisotopic (exact) mass is 576 g/mol. The number of thioether (sulfide) groups is 1. The van der Waals surface area contributed by atoms with Crippen molar-refractivity contribution in [3.63, 3.8) is 0 Å². The Kier molecular flexibility index (Phi) is 7.93. The Balaban J connectivity index is 1.23. The van der Waals surface area contributed by atoms with Crippen LogP contribution in [0.15, 0.2) is 52.5 Å². The molecule has 0 atom stereocenters. The van der Waals surface area contributed by atoms with Crippen LogP contribution < -0.4 is 0 Å². The van der Waals surface area contributed by atoms with Crippen LogP contribution in [-0.4, -0.2) is 88.9 Å². The molecule has 3 heterocycles. The fourth-order valence-corrected chi connectivity index (χ4v) is 5.79. The van der Waals surface area contributed by atoms with Crippen molar-refractivity contribution in [2.45, 2.75) is 12.7 Å². The van der Waals surface area contributed by atoms with Crippen molar-refractivity contribution in [2.24, 2.45) is 4.99 Å². The number of halogens is 4. The molecule has 39 heavy (non-hydrogen) atoms. The Bertz CT molecular complexity index is 1440. The molecule has 1 amide bonds. The standard InChI is InChI=1S/C27H28ClF3N6OS/c1-34(2)25(38)17-35-7-9-36(10-8-35)26-32-15-22(39-26)12-18-3-6-24-20(11-18)14-33-37(24)16-19-4-5-21(28)13-23(19)27(29,30)31/h3-6,11-14H,7-10,15-17H2,1-2H3. The maximum absolute atomic E-state index is 13.5. The van der Waals surface area contributed by atoms with E-state index in [1.165, 1.54) is 12.1 Å². The zero-order chi connectivity index (χ0) is 27.7. The highest BCUT2D eigenvalue weighted by Gasteiger charge is 2.33. The van der Waals surface area contributed by atoms with Crippen LogP contribution in [0.25, 0.3) is 17.0 Å². The van der Waals surface area contributed by atoms with E-state index in [9.17, 15) is 18.0 Å². The molecule has 7 nitrogen and oxygen atoms in total. The molecule has 1 aromatic heterocycles. The van der Waals surface area contributed by atoms with Crippen molar-refractivity contribution in [1.82, 2.24) is 24.5 Å². The minimum atomic E-state index is -4.50. The van der Waals surface area contributed by atoms with E-state index in [2.05, 4.69) is 21.0 Å². The number of carbonyl (C=O) groups excluding carboxylic acids is 1. The lowest BCUT2D eigenvalue weighted by Crippen LogP contribution is -2.50. The lowest BCUT2D eigenvalue weighted by atomic mass is 10.1. The molecule has 3 aromatic rings. The van der Waals surface area contributed by atoms with Crippen molar-refractivity contribution >= 4 is 51.4 Å². The smallest absolute Gasteiger partial charge is 0.349 e. The quantitative estimate of drug-likeness (QED) is 0.432. The zero-order valence-corrected chi connectivity index (χ0v) is 23.2. The van der Waals surface area contributed by atoms with Crippen LogP contribution in [0.2, 0.25) is 5.02 Å². The highest BCUT2D eigenvalue weighted by atomic mass is 35.5. The topological polar surface area (TPSA) is 57.0 Å². The number of aliphatic imine (C=N–C) groups is 1. The first kappa shape index (κ1) is 27.5. The molecule has 2 aromatic carbocycles. The molecule has 0 saturated carbocycles. The van der Waals surface area contributed by atoms with Crippen LogP contribution in [0.4, 0.5) is 13.2 Å². The first-order valence-corrected chi connectivity index (χ1v) is 13.7. The first-order chi connectivity index (χ1) is 18.6. The Morgan fingerprint density at radius 2 is 1.90 bits per heavy atom. The maximum Gasteiger partial charge on any atom is 0.416 e. The Morgan fingerprint density at radius 3 is 2.62 bits per heavy atom. The van der Waals surface area contributed by atoms with Gasteiger partial charge in [-0.05, 0) is 41.5 Å². The Hall–Kier alpha value is -3.02. The molecule has 0 radical (unpaired) electrons. The highest BCUT2D eigenvalue weighted by Crippen LogP contribution is 2.35. The summed E-state index contributed by atoms with van der Waals surface area (Å²) in [5.74, 6) is 0.111. The van der Waals surface area contributed by atoms with E-state index in [1.807, 2.05) is 18.2 Å². The average molecular weight is 577 g/mol. The van der Waals surface area contributed by atoms with Crippen LogP contribution in [0.3, 0.4) is 0 Å². The van der Waals surface area contributed by atoms with Crippen LogP contribution in [0.5, 0.6) is 0 Å². The number of benzene rings is 2. The van der Waals surface area contributed by atoms with Crippen molar-refractivity contribution < 1.29 is 18.0 Å². The van der Waals surface area contributed by atoms with Gasteiger partial charge in [0.1, 0.15) is 0 Å². The van der Waals surface area contributed by atoms with Crippen LogP contribution in [0.1, 0.15) is 16.7 Å². The number of likely N-dealkylation sites (N-methyl/N-ethyl adjacent to an activating group) is 1. The molecule has 2 aliphatic heterocycles. The number of hydrogen-bond donors (Lipinski definition) is 0. The second-order valence-electron chi connectivity index (χ2n) is 9.78. The minimum Gasteiger partial charge on any atom is -0.349 e. The number of fused-ring (bicyclic) bond motifs is 1. The molecule has 1 saturated heterocycles. The number of rotatable bonds is 5. The van der Waals surface area contributed by atoms with Gasteiger partial charge in [0.25, 0.3) is 0 Å². The molecule has 0 bridgehead atoms. The summed E-state index contributed by atoms with van der Waals surface area (Å²) in [6.45, 7) is 4.32. The van der Waals surface area contributed by atoms with Gasteiger partial charge in [0.05, 0.1) is 36.9 Å². The average Bonchev–Trinajstić information content (AvgIpc) is 3.52. The van der Waals surface area contributed by atoms with Gasteiger partial charge < -0.3 is 9.80 Å². The lowest BCUT2D eigenvalue weighted by Gasteiger charge is -2.35. The predicted molar refractivity (Wildman–Crippen MR) is 150 cm³/mol. The zero-order valence-electron chi connectivity index (χ0n) is 21.6. The number of amidine groups is 1. The Morgan fingerprint density at radius 1 is 1.13 bits per heavy atom. The van der Waals surface area contributed by atoms with E-state index < -0.39 is 11.7 Å². The fourth-order valence-electron chi connectivity index (χ4n) is 4.62. The first-order valence-electron chi connectivity index (χ1n) is 12.5. The lowest BCUT2D eigenvalue weighted by molar-refractivity contribution is -0.138. The van der Waals surface area contributed by atoms with Gasteiger partial charge in [0.2, 0.25) is 5.91 Å². The van der Waals surface area contributed by atoms with Crippen LogP contribution >= 0.6 is 23.4 Å². The SMILES string of the molecule is CN(C)C(=O)CN1CCN(C2=NCC(=Cc3ccc4c(cnn4Cc4ccc(Cl)cc4C(F)(F)F)c3)S2)CC1. The summed E-state index contributed by atoms with van der Waals surface area (Å²) in [7, 11) is 3.54. The van der Waals surface area contributed by atoms with Gasteiger partial charge >= 0.3 is 6.18 Å². The minimum absolute atomic E-state index is 0.0143. The third-order valence-corrected chi connectivity index (χ3v) is 8.10. The number of hydrogen-bond acceptors (Lipinski definition) is 6. The molecule has 0 aliphatic carbocycles. The molecule has 2 aliphatic rings. The second-order valence-corrected chi connectivity index (χ2v) is 11.3. The van der Waals surface area contributed by atoms with Crippen LogP contribution in [0, 0.1) is 0 Å². The van der Waals surface area contributed by atoms with Gasteiger partial charge in [-0.1, -0.05) is 35.5 Å². The number of nitrogens with zero attached hydrogens (tertiary/aromatic N) is 6. The van der Waals surface area contributed by atoms with Gasteiger partial charge in [-0.15, -0.1) is 0 Å². The van der Waals surface area contributed by atoms with E-state index in [-0.39, 0.29) is 23.0 Å². The second kappa shape index (κ2) is 11.2. The predicted octanol–water partition coefficient (Wildman–Crippen LogP) is 4.91. The number of aromatic nitrogens is 2. The summed E-state index contributed by atoms with van der Waals surface area (Å²) in [6, 6.07) is 9.62. The highest BCUT2D eigenvalue weighted by molar-refractivity contribution is 8.17. The molecule has 0 spiro atoms. The van der Waals surface area contributed by atoms with Gasteiger partial charge in [-0.25, -0.2) is 0 Å². The molecule has 5 rings (SSSR count). The van der Waals surface area contributed by atoms with Crippen molar-refractivity contribution in [3.05, 3.63) is 69.2 Å². The number of amides is 1. The van der Waals surface area contributed by atoms with Crippen molar-refractivity contribution in [1.29, 1.82) is 0 Å². The van der Waals surface area contributed by atoms with E-state index in [1.54, 1.807) is 41.6 Å². The summed E-state index contributed by atoms with van der Waals surface area (Å²) in [6.07, 6.45) is -0.739. The van der Waals surface area contributed by atoms with E-state index in [0.717, 1.165) is 58.8 Å². The summed E-state index contributed by atoms with van der Waals surface area (Å²) >= 11 is 7.47.